The molecule has 0 aliphatic rings. The van der Waals surface area contributed by atoms with Gasteiger partial charge in [0.25, 0.3) is 17.7 Å². The van der Waals surface area contributed by atoms with Crippen molar-refractivity contribution in [2.45, 2.75) is 91.4 Å². The first-order chi connectivity index (χ1) is 21.4. The first kappa shape index (κ1) is 37.2. The van der Waals surface area contributed by atoms with E-state index in [1.54, 1.807) is 52.0 Å². The molecule has 11 heteroatoms. The number of ether oxygens (including phenoxy) is 2. The molecule has 45 heavy (non-hydrogen) atoms. The normalized spacial score (nSPS) is 12.5. The SMILES string of the molecule is CCCCONC(=O)[C@@H](NC(=O)c1ccc(-c2ccc(C(=O)NCCCNC(=O)OC(C)(C)C)cc2)cc1)[C@@H](C)OCCCC. The molecule has 2 atom stereocenters. The van der Waals surface area contributed by atoms with E-state index in [1.807, 2.05) is 31.2 Å². The van der Waals surface area contributed by atoms with Crippen LogP contribution in [0.5, 0.6) is 0 Å². The molecule has 0 spiro atoms. The van der Waals surface area contributed by atoms with Crippen LogP contribution in [0.15, 0.2) is 48.5 Å². The van der Waals surface area contributed by atoms with E-state index in [1.165, 1.54) is 0 Å². The number of nitrogens with one attached hydrogen (secondary N) is 4. The second-order valence-corrected chi connectivity index (χ2v) is 11.7. The zero-order valence-corrected chi connectivity index (χ0v) is 27.5. The van der Waals surface area contributed by atoms with E-state index in [0.717, 1.165) is 36.8 Å². The van der Waals surface area contributed by atoms with Crippen molar-refractivity contribution in [3.05, 3.63) is 59.7 Å². The fraction of sp³-hybridized carbons (Fsp3) is 0.529. The smallest absolute Gasteiger partial charge is 0.407 e. The number of alkyl carbamates (subject to hydrolysis) is 1. The molecule has 0 saturated heterocycles. The second kappa shape index (κ2) is 19.4. The Morgan fingerprint density at radius 1 is 0.733 bits per heavy atom. The predicted molar refractivity (Wildman–Crippen MR) is 174 cm³/mol. The van der Waals surface area contributed by atoms with Crippen molar-refractivity contribution < 1.29 is 33.5 Å². The van der Waals surface area contributed by atoms with Gasteiger partial charge >= 0.3 is 6.09 Å². The molecule has 0 unspecified atom stereocenters. The summed E-state index contributed by atoms with van der Waals surface area (Å²) in [6.45, 7) is 12.9. The molecule has 0 aliphatic carbocycles. The van der Waals surface area contributed by atoms with Crippen molar-refractivity contribution in [1.29, 1.82) is 0 Å². The van der Waals surface area contributed by atoms with Crippen LogP contribution in [-0.2, 0) is 19.1 Å². The van der Waals surface area contributed by atoms with Gasteiger partial charge in [-0.05, 0) is 82.3 Å². The molecular weight excluding hydrogens is 576 g/mol. The molecule has 2 rings (SSSR count). The summed E-state index contributed by atoms with van der Waals surface area (Å²) in [6, 6.07) is 13.2. The van der Waals surface area contributed by atoms with Crippen LogP contribution in [0.25, 0.3) is 11.1 Å². The fourth-order valence-electron chi connectivity index (χ4n) is 4.06. The summed E-state index contributed by atoms with van der Waals surface area (Å²) in [7, 11) is 0. The molecule has 0 saturated carbocycles. The van der Waals surface area contributed by atoms with Gasteiger partial charge in [-0.15, -0.1) is 0 Å². The van der Waals surface area contributed by atoms with E-state index < -0.39 is 35.7 Å². The third-order valence-electron chi connectivity index (χ3n) is 6.62. The minimum atomic E-state index is -0.935. The Labute approximate surface area is 267 Å². The topological polar surface area (TPSA) is 144 Å². The van der Waals surface area contributed by atoms with Crippen molar-refractivity contribution in [1.82, 2.24) is 21.4 Å². The lowest BCUT2D eigenvalue weighted by atomic mass is 10.0. The van der Waals surface area contributed by atoms with Gasteiger partial charge < -0.3 is 25.4 Å². The van der Waals surface area contributed by atoms with Crippen molar-refractivity contribution >= 4 is 23.8 Å². The lowest BCUT2D eigenvalue weighted by Crippen LogP contribution is -2.53. The second-order valence-electron chi connectivity index (χ2n) is 11.7. The number of hydrogen-bond acceptors (Lipinski definition) is 7. The summed E-state index contributed by atoms with van der Waals surface area (Å²) < 4.78 is 11.0. The molecule has 2 aromatic carbocycles. The van der Waals surface area contributed by atoms with Crippen LogP contribution in [-0.4, -0.2) is 67.9 Å². The van der Waals surface area contributed by atoms with Crippen LogP contribution in [0.1, 0.15) is 94.4 Å². The van der Waals surface area contributed by atoms with E-state index in [2.05, 4.69) is 28.4 Å². The van der Waals surface area contributed by atoms with Crippen LogP contribution < -0.4 is 21.4 Å². The zero-order valence-electron chi connectivity index (χ0n) is 27.5. The van der Waals surface area contributed by atoms with Gasteiger partial charge in [-0.3, -0.25) is 19.2 Å². The lowest BCUT2D eigenvalue weighted by Gasteiger charge is -2.24. The Bertz CT molecular complexity index is 1210. The van der Waals surface area contributed by atoms with E-state index >= 15 is 0 Å². The highest BCUT2D eigenvalue weighted by molar-refractivity contribution is 5.98. The highest BCUT2D eigenvalue weighted by Gasteiger charge is 2.28. The molecule has 0 aliphatic heterocycles. The Hall–Kier alpha value is -3.96. The number of benzene rings is 2. The first-order valence-electron chi connectivity index (χ1n) is 15.7. The minimum Gasteiger partial charge on any atom is -0.444 e. The van der Waals surface area contributed by atoms with E-state index in [4.69, 9.17) is 14.3 Å². The molecule has 0 heterocycles. The van der Waals surface area contributed by atoms with Crippen LogP contribution in [0.4, 0.5) is 4.79 Å². The number of hydroxylamine groups is 1. The van der Waals surface area contributed by atoms with Gasteiger partial charge in [-0.2, -0.15) is 0 Å². The number of carbonyl (C=O) groups excluding carboxylic acids is 4. The average Bonchev–Trinajstić information content (AvgIpc) is 3.00. The molecule has 248 valence electrons. The van der Waals surface area contributed by atoms with Gasteiger partial charge in [0.2, 0.25) is 0 Å². The molecule has 0 bridgehead atoms. The average molecular weight is 627 g/mol. The first-order valence-corrected chi connectivity index (χ1v) is 15.7. The zero-order chi connectivity index (χ0) is 33.2. The summed E-state index contributed by atoms with van der Waals surface area (Å²) in [5.74, 6) is -1.09. The Kier molecular flexibility index (Phi) is 16.1. The minimum absolute atomic E-state index is 0.215. The number of unbranched alkanes of at least 4 members (excludes halogenated alkanes) is 2. The number of rotatable bonds is 18. The summed E-state index contributed by atoms with van der Waals surface area (Å²) >= 11 is 0. The van der Waals surface area contributed by atoms with Crippen molar-refractivity contribution in [2.75, 3.05) is 26.3 Å². The van der Waals surface area contributed by atoms with Crippen LogP contribution in [0.2, 0.25) is 0 Å². The molecule has 11 nitrogen and oxygen atoms in total. The highest BCUT2D eigenvalue weighted by atomic mass is 16.7. The Morgan fingerprint density at radius 2 is 1.27 bits per heavy atom. The van der Waals surface area contributed by atoms with Gasteiger partial charge in [0.1, 0.15) is 11.6 Å². The van der Waals surface area contributed by atoms with Gasteiger partial charge in [-0.25, -0.2) is 10.3 Å². The molecule has 0 aromatic heterocycles. The third-order valence-corrected chi connectivity index (χ3v) is 6.62. The van der Waals surface area contributed by atoms with Gasteiger partial charge in [-0.1, -0.05) is 51.0 Å². The quantitative estimate of drug-likeness (QED) is 0.132. The van der Waals surface area contributed by atoms with Crippen molar-refractivity contribution in [3.63, 3.8) is 0 Å². The van der Waals surface area contributed by atoms with Crippen molar-refractivity contribution in [2.24, 2.45) is 0 Å². The number of amides is 4. The van der Waals surface area contributed by atoms with Crippen LogP contribution >= 0.6 is 0 Å². The van der Waals surface area contributed by atoms with Crippen molar-refractivity contribution in [3.8, 4) is 11.1 Å². The molecule has 0 radical (unpaired) electrons. The highest BCUT2D eigenvalue weighted by Crippen LogP contribution is 2.21. The van der Waals surface area contributed by atoms with Gasteiger partial charge in [0.15, 0.2) is 0 Å². The predicted octanol–water partition coefficient (Wildman–Crippen LogP) is 5.15. The van der Waals surface area contributed by atoms with Gasteiger partial charge in [0.05, 0.1) is 12.7 Å². The van der Waals surface area contributed by atoms with E-state index in [9.17, 15) is 19.2 Å². The molecular formula is C34H50N4O7. The van der Waals surface area contributed by atoms with Crippen LogP contribution in [0.3, 0.4) is 0 Å². The molecule has 4 amide bonds. The monoisotopic (exact) mass is 626 g/mol. The molecule has 2 aromatic rings. The Morgan fingerprint density at radius 3 is 1.82 bits per heavy atom. The van der Waals surface area contributed by atoms with Gasteiger partial charge in [0, 0.05) is 30.8 Å². The summed E-state index contributed by atoms with van der Waals surface area (Å²) in [6.07, 6.45) is 3.06. The molecule has 0 fully saturated rings. The van der Waals surface area contributed by atoms with Crippen LogP contribution in [0, 0.1) is 0 Å². The standard InChI is InChI=1S/C34H50N4O7/c1-7-9-22-43-24(3)29(32(41)38-44-23-10-8-2)37-31(40)28-18-14-26(15-19-28)25-12-16-27(17-13-25)30(39)35-20-11-21-36-33(42)45-34(4,5)6/h12-19,24,29H,7-11,20-23H2,1-6H3,(H,35,39)(H,36,42)(H,37,40)(H,38,41)/t24-,29+/m1/s1. The fourth-order valence-corrected chi connectivity index (χ4v) is 4.06. The largest absolute Gasteiger partial charge is 0.444 e. The summed E-state index contributed by atoms with van der Waals surface area (Å²) in [5.41, 5.74) is 4.51. The summed E-state index contributed by atoms with van der Waals surface area (Å²) in [5, 5.41) is 8.30. The maximum atomic E-state index is 13.1. The van der Waals surface area contributed by atoms with E-state index in [0.29, 0.717) is 43.9 Å². The lowest BCUT2D eigenvalue weighted by molar-refractivity contribution is -0.139. The summed E-state index contributed by atoms with van der Waals surface area (Å²) in [4.78, 5) is 55.4. The number of hydrogen-bond donors (Lipinski definition) is 4. The van der Waals surface area contributed by atoms with E-state index in [-0.39, 0.29) is 5.91 Å². The molecule has 4 N–H and O–H groups in total. The maximum Gasteiger partial charge on any atom is 0.407 e. The number of carbonyl (C=O) groups is 4. The Balaban J connectivity index is 1.93. The maximum absolute atomic E-state index is 13.1. The third kappa shape index (κ3) is 14.1.